The maximum Gasteiger partial charge on any atom is 0.267 e. The Morgan fingerprint density at radius 3 is 2.17 bits per heavy atom. The molecule has 0 spiro atoms. The first-order chi connectivity index (χ1) is 14.3. The molecule has 0 bridgehead atoms. The summed E-state index contributed by atoms with van der Waals surface area (Å²) >= 11 is 0. The second-order valence-electron chi connectivity index (χ2n) is 6.43. The van der Waals surface area contributed by atoms with Gasteiger partial charge in [-0.05, 0) is 37.3 Å². The molecule has 156 valence electrons. The van der Waals surface area contributed by atoms with Crippen LogP contribution in [0.1, 0.15) is 13.0 Å². The predicted octanol–water partition coefficient (Wildman–Crippen LogP) is 3.41. The molecule has 0 fully saturated rings. The molecule has 0 radical (unpaired) electrons. The molecule has 3 rings (SSSR count). The molecule has 9 heteroatoms. The van der Waals surface area contributed by atoms with Gasteiger partial charge in [0.2, 0.25) is 5.91 Å². The Morgan fingerprint density at radius 1 is 1.00 bits per heavy atom. The van der Waals surface area contributed by atoms with Gasteiger partial charge in [0.05, 0.1) is 19.9 Å². The van der Waals surface area contributed by atoms with Crippen LogP contribution in [0.4, 0.5) is 14.5 Å². The van der Waals surface area contributed by atoms with E-state index in [4.69, 9.17) is 9.47 Å². The van der Waals surface area contributed by atoms with Crippen LogP contribution in [0.5, 0.6) is 11.5 Å². The number of methoxy groups -OCH3 is 2. The molecule has 1 unspecified atom stereocenters. The number of ether oxygens (including phenoxy) is 2. The number of aromatic nitrogens is 2. The van der Waals surface area contributed by atoms with Crippen LogP contribution in [0.25, 0.3) is 11.3 Å². The number of hydrogen-bond acceptors (Lipinski definition) is 5. The zero-order valence-electron chi connectivity index (χ0n) is 16.5. The van der Waals surface area contributed by atoms with Gasteiger partial charge < -0.3 is 14.8 Å². The van der Waals surface area contributed by atoms with Gasteiger partial charge in [-0.1, -0.05) is 0 Å². The summed E-state index contributed by atoms with van der Waals surface area (Å²) in [4.78, 5) is 24.8. The number of nitrogens with zero attached hydrogens (tertiary/aromatic N) is 2. The fourth-order valence-corrected chi connectivity index (χ4v) is 2.80. The maximum absolute atomic E-state index is 13.4. The van der Waals surface area contributed by atoms with E-state index >= 15 is 0 Å². The Bertz CT molecular complexity index is 1100. The topological polar surface area (TPSA) is 82.5 Å². The minimum absolute atomic E-state index is 0.0638. The van der Waals surface area contributed by atoms with Crippen LogP contribution in [-0.2, 0) is 4.79 Å². The quantitative estimate of drug-likeness (QED) is 0.667. The molecule has 1 aromatic heterocycles. The van der Waals surface area contributed by atoms with Crippen molar-refractivity contribution in [2.45, 2.75) is 13.0 Å². The second kappa shape index (κ2) is 8.73. The van der Waals surface area contributed by atoms with E-state index in [9.17, 15) is 18.4 Å². The number of rotatable bonds is 6. The van der Waals surface area contributed by atoms with E-state index in [1.807, 2.05) is 0 Å². The Morgan fingerprint density at radius 2 is 1.60 bits per heavy atom. The van der Waals surface area contributed by atoms with E-state index in [1.165, 1.54) is 33.3 Å². The molecular formula is C21H19F2N3O4. The third kappa shape index (κ3) is 4.62. The van der Waals surface area contributed by atoms with Crippen molar-refractivity contribution in [2.75, 3.05) is 19.5 Å². The lowest BCUT2D eigenvalue weighted by Gasteiger charge is -2.15. The molecule has 0 aliphatic heterocycles. The van der Waals surface area contributed by atoms with Crippen LogP contribution in [0.15, 0.2) is 53.3 Å². The summed E-state index contributed by atoms with van der Waals surface area (Å²) in [5.74, 6) is -1.26. The van der Waals surface area contributed by atoms with E-state index in [1.54, 1.807) is 18.2 Å². The summed E-state index contributed by atoms with van der Waals surface area (Å²) in [5, 5.41) is 6.66. The van der Waals surface area contributed by atoms with Crippen molar-refractivity contribution < 1.29 is 23.0 Å². The molecule has 0 saturated heterocycles. The molecule has 1 heterocycles. The number of halogens is 2. The van der Waals surface area contributed by atoms with Gasteiger partial charge in [-0.15, -0.1) is 0 Å². The fourth-order valence-electron chi connectivity index (χ4n) is 2.80. The van der Waals surface area contributed by atoms with Gasteiger partial charge in [0.15, 0.2) is 0 Å². The van der Waals surface area contributed by atoms with Crippen LogP contribution in [0.3, 0.4) is 0 Å². The number of carbonyl (C=O) groups excluding carboxylic acids is 1. The zero-order chi connectivity index (χ0) is 21.8. The molecule has 0 aliphatic rings. The average Bonchev–Trinajstić information content (AvgIpc) is 2.72. The normalized spacial score (nSPS) is 11.6. The molecule has 7 nitrogen and oxygen atoms in total. The highest BCUT2D eigenvalue weighted by Crippen LogP contribution is 2.28. The fraction of sp³-hybridized carbons (Fsp3) is 0.190. The number of hydrogen-bond donors (Lipinski definition) is 1. The van der Waals surface area contributed by atoms with Gasteiger partial charge in [0.25, 0.3) is 5.56 Å². The standard InChI is InChI=1S/C21H19F2N3O4/c1-12(21(28)24-16-9-14(22)8-15(23)10-16)26-20(27)5-4-19(25-26)13-6-17(29-2)11-18(7-13)30-3/h4-12H,1-3H3,(H,24,28). The van der Waals surface area contributed by atoms with Gasteiger partial charge >= 0.3 is 0 Å². The number of carbonyl (C=O) groups is 1. The lowest BCUT2D eigenvalue weighted by molar-refractivity contribution is -0.119. The molecule has 1 atom stereocenters. The lowest BCUT2D eigenvalue weighted by atomic mass is 10.1. The monoisotopic (exact) mass is 415 g/mol. The van der Waals surface area contributed by atoms with Crippen molar-refractivity contribution in [2.24, 2.45) is 0 Å². The number of benzene rings is 2. The SMILES string of the molecule is COc1cc(OC)cc(-c2ccc(=O)n(C(C)C(=O)Nc3cc(F)cc(F)c3)n2)c1. The van der Waals surface area contributed by atoms with Crippen molar-refractivity contribution in [3.05, 3.63) is 70.5 Å². The summed E-state index contributed by atoms with van der Waals surface area (Å²) in [6.45, 7) is 1.45. The molecule has 3 aromatic rings. The van der Waals surface area contributed by atoms with Crippen molar-refractivity contribution >= 4 is 11.6 Å². The van der Waals surface area contributed by atoms with E-state index in [0.29, 0.717) is 28.8 Å². The molecular weight excluding hydrogens is 396 g/mol. The van der Waals surface area contributed by atoms with Crippen molar-refractivity contribution in [1.29, 1.82) is 0 Å². The van der Waals surface area contributed by atoms with Crippen LogP contribution in [0, 0.1) is 11.6 Å². The summed E-state index contributed by atoms with van der Waals surface area (Å²) in [6.07, 6.45) is 0. The Balaban J connectivity index is 1.93. The largest absolute Gasteiger partial charge is 0.497 e. The van der Waals surface area contributed by atoms with E-state index in [0.717, 1.165) is 16.8 Å². The summed E-state index contributed by atoms with van der Waals surface area (Å²) in [5.41, 5.74) is 0.441. The van der Waals surface area contributed by atoms with Crippen LogP contribution < -0.4 is 20.3 Å². The van der Waals surface area contributed by atoms with Crippen LogP contribution >= 0.6 is 0 Å². The highest BCUT2D eigenvalue weighted by Gasteiger charge is 2.19. The van der Waals surface area contributed by atoms with Crippen molar-refractivity contribution in [1.82, 2.24) is 9.78 Å². The lowest BCUT2D eigenvalue weighted by Crippen LogP contribution is -2.33. The predicted molar refractivity (Wildman–Crippen MR) is 107 cm³/mol. The number of amides is 1. The molecule has 2 aromatic carbocycles. The first kappa shape index (κ1) is 21.0. The minimum Gasteiger partial charge on any atom is -0.497 e. The highest BCUT2D eigenvalue weighted by molar-refractivity contribution is 5.93. The Hall–Kier alpha value is -3.75. The zero-order valence-corrected chi connectivity index (χ0v) is 16.5. The molecule has 30 heavy (non-hydrogen) atoms. The smallest absolute Gasteiger partial charge is 0.267 e. The second-order valence-corrected chi connectivity index (χ2v) is 6.43. The summed E-state index contributed by atoms with van der Waals surface area (Å²) in [7, 11) is 3.02. The van der Waals surface area contributed by atoms with Gasteiger partial charge in [-0.3, -0.25) is 9.59 Å². The Labute approximate surface area is 170 Å². The summed E-state index contributed by atoms with van der Waals surface area (Å²) < 4.78 is 38.2. The van der Waals surface area contributed by atoms with Gasteiger partial charge in [0.1, 0.15) is 29.2 Å². The van der Waals surface area contributed by atoms with E-state index in [2.05, 4.69) is 10.4 Å². The van der Waals surface area contributed by atoms with Gasteiger partial charge in [0, 0.05) is 29.4 Å². The van der Waals surface area contributed by atoms with Gasteiger partial charge in [-0.2, -0.15) is 5.10 Å². The first-order valence-electron chi connectivity index (χ1n) is 8.91. The van der Waals surface area contributed by atoms with Crippen molar-refractivity contribution in [3.8, 4) is 22.8 Å². The van der Waals surface area contributed by atoms with Gasteiger partial charge in [-0.25, -0.2) is 13.5 Å². The molecule has 1 amide bonds. The number of anilines is 1. The molecule has 0 aliphatic carbocycles. The van der Waals surface area contributed by atoms with Crippen LogP contribution in [-0.4, -0.2) is 29.9 Å². The first-order valence-corrected chi connectivity index (χ1v) is 8.91. The van der Waals surface area contributed by atoms with E-state index in [-0.39, 0.29) is 5.69 Å². The summed E-state index contributed by atoms with van der Waals surface area (Å²) in [6, 6.07) is 9.49. The van der Waals surface area contributed by atoms with E-state index < -0.39 is 29.1 Å². The Kier molecular flexibility index (Phi) is 6.10. The minimum atomic E-state index is -1.05. The molecule has 1 N–H and O–H groups in total. The maximum atomic E-state index is 13.4. The average molecular weight is 415 g/mol. The van der Waals surface area contributed by atoms with Crippen LogP contribution in [0.2, 0.25) is 0 Å². The third-order valence-electron chi connectivity index (χ3n) is 4.35. The van der Waals surface area contributed by atoms with Crippen molar-refractivity contribution in [3.63, 3.8) is 0 Å². The molecule has 0 saturated carbocycles. The number of nitrogens with one attached hydrogen (secondary N) is 1. The third-order valence-corrected chi connectivity index (χ3v) is 4.35. The highest BCUT2D eigenvalue weighted by atomic mass is 19.1.